The Morgan fingerprint density at radius 1 is 1.13 bits per heavy atom. The van der Waals surface area contributed by atoms with Crippen LogP contribution < -0.4 is 4.74 Å². The predicted octanol–water partition coefficient (Wildman–Crippen LogP) is 3.49. The summed E-state index contributed by atoms with van der Waals surface area (Å²) in [5.41, 5.74) is 2.36. The number of amides is 1. The lowest BCUT2D eigenvalue weighted by Crippen LogP contribution is -2.39. The molecule has 4 rings (SSSR count). The van der Waals surface area contributed by atoms with E-state index >= 15 is 0 Å². The molecule has 0 spiro atoms. The van der Waals surface area contributed by atoms with E-state index < -0.39 is 11.2 Å². The molecule has 2 aliphatic rings. The van der Waals surface area contributed by atoms with Crippen molar-refractivity contribution in [2.24, 2.45) is 5.92 Å². The standard InChI is InChI=1S/C25H32N2O3S/c1-30-23-7-8-24-22(18-23)19-27(15-16-31(24)29)25(28)11-14-26-12-9-21(10-13-26)17-20-5-3-2-4-6-20/h2-8,18,21H,9-17,19H2,1H3. The molecular formula is C25H32N2O3S. The van der Waals surface area contributed by atoms with E-state index in [2.05, 4.69) is 35.2 Å². The molecule has 0 radical (unpaired) electrons. The van der Waals surface area contributed by atoms with E-state index in [-0.39, 0.29) is 5.91 Å². The number of hydrogen-bond donors (Lipinski definition) is 0. The monoisotopic (exact) mass is 440 g/mol. The van der Waals surface area contributed by atoms with E-state index in [1.807, 2.05) is 23.1 Å². The fraction of sp³-hybridized carbons (Fsp3) is 0.480. The van der Waals surface area contributed by atoms with Crippen molar-refractivity contribution in [2.75, 3.05) is 39.0 Å². The van der Waals surface area contributed by atoms with Crippen LogP contribution in [-0.4, -0.2) is 59.3 Å². The minimum absolute atomic E-state index is 0.152. The Balaban J connectivity index is 1.26. The van der Waals surface area contributed by atoms with Crippen LogP contribution in [-0.2, 0) is 28.9 Å². The van der Waals surface area contributed by atoms with Gasteiger partial charge in [0.25, 0.3) is 0 Å². The molecule has 1 saturated heterocycles. The lowest BCUT2D eigenvalue weighted by atomic mass is 9.90. The van der Waals surface area contributed by atoms with Gasteiger partial charge in [-0.05, 0) is 73.2 Å². The van der Waals surface area contributed by atoms with Gasteiger partial charge in [-0.1, -0.05) is 30.3 Å². The van der Waals surface area contributed by atoms with E-state index in [1.54, 1.807) is 7.11 Å². The van der Waals surface area contributed by atoms with Crippen LogP contribution in [0.3, 0.4) is 0 Å². The Labute approximate surface area is 188 Å². The summed E-state index contributed by atoms with van der Waals surface area (Å²) >= 11 is -1.07. The van der Waals surface area contributed by atoms with Crippen molar-refractivity contribution in [3.05, 3.63) is 59.7 Å². The van der Waals surface area contributed by atoms with Crippen LogP contribution in [0, 0.1) is 5.92 Å². The van der Waals surface area contributed by atoms with Gasteiger partial charge in [0.1, 0.15) is 11.5 Å². The highest BCUT2D eigenvalue weighted by Crippen LogP contribution is 2.27. The van der Waals surface area contributed by atoms with Crippen LogP contribution in [0.15, 0.2) is 53.4 Å². The maximum atomic E-state index is 12.9. The maximum Gasteiger partial charge on any atom is 0.224 e. The first-order valence-corrected chi connectivity index (χ1v) is 12.5. The Hall–Kier alpha value is -2.02. The summed E-state index contributed by atoms with van der Waals surface area (Å²) in [5, 5.41) is 0. The summed E-state index contributed by atoms with van der Waals surface area (Å²) in [4.78, 5) is 18.1. The van der Waals surface area contributed by atoms with Crippen molar-refractivity contribution in [3.63, 3.8) is 0 Å². The molecule has 2 aliphatic heterocycles. The molecule has 166 valence electrons. The first-order valence-electron chi connectivity index (χ1n) is 11.2. The first-order chi connectivity index (χ1) is 15.1. The van der Waals surface area contributed by atoms with Crippen LogP contribution >= 0.6 is 0 Å². The molecule has 1 atom stereocenters. The molecule has 5 nitrogen and oxygen atoms in total. The number of rotatable bonds is 6. The molecule has 1 amide bonds. The molecule has 1 unspecified atom stereocenters. The molecule has 2 heterocycles. The molecule has 0 bridgehead atoms. The van der Waals surface area contributed by atoms with Gasteiger partial charge in [-0.3, -0.25) is 4.79 Å². The van der Waals surface area contributed by atoms with Crippen LogP contribution in [0.1, 0.15) is 30.4 Å². The molecule has 2 aromatic rings. The molecule has 6 heteroatoms. The van der Waals surface area contributed by atoms with Gasteiger partial charge >= 0.3 is 0 Å². The third-order valence-electron chi connectivity index (χ3n) is 6.49. The first kappa shape index (κ1) is 22.2. The second-order valence-electron chi connectivity index (χ2n) is 8.56. The van der Waals surface area contributed by atoms with Crippen LogP contribution in [0.4, 0.5) is 0 Å². The van der Waals surface area contributed by atoms with Gasteiger partial charge < -0.3 is 19.1 Å². The van der Waals surface area contributed by atoms with Crippen molar-refractivity contribution in [1.82, 2.24) is 9.80 Å². The number of fused-ring (bicyclic) bond motifs is 1. The second-order valence-corrected chi connectivity index (χ2v) is 10.1. The van der Waals surface area contributed by atoms with Crippen LogP contribution in [0.5, 0.6) is 5.75 Å². The lowest BCUT2D eigenvalue weighted by molar-refractivity contribution is -0.132. The maximum absolute atomic E-state index is 12.9. The topological polar surface area (TPSA) is 55.8 Å². The number of benzene rings is 2. The summed E-state index contributed by atoms with van der Waals surface area (Å²) in [6.45, 7) is 3.99. The zero-order chi connectivity index (χ0) is 21.6. The molecule has 0 aromatic heterocycles. The van der Waals surface area contributed by atoms with Gasteiger partial charge in [0.05, 0.1) is 20.2 Å². The summed E-state index contributed by atoms with van der Waals surface area (Å²) in [6, 6.07) is 16.4. The summed E-state index contributed by atoms with van der Waals surface area (Å²) in [6.07, 6.45) is 4.06. The zero-order valence-corrected chi connectivity index (χ0v) is 19.1. The van der Waals surface area contributed by atoms with Crippen molar-refractivity contribution in [2.45, 2.75) is 37.1 Å². The average Bonchev–Trinajstić information content (AvgIpc) is 2.97. The normalized spacial score (nSPS) is 20.2. The van der Waals surface area contributed by atoms with Gasteiger partial charge in [-0.15, -0.1) is 0 Å². The molecule has 2 aromatic carbocycles. The van der Waals surface area contributed by atoms with Gasteiger partial charge in [0.2, 0.25) is 5.91 Å². The quantitative estimate of drug-likeness (QED) is 0.646. The van der Waals surface area contributed by atoms with Gasteiger partial charge in [0, 0.05) is 18.5 Å². The van der Waals surface area contributed by atoms with Crippen LogP contribution in [0.25, 0.3) is 0 Å². The fourth-order valence-electron chi connectivity index (χ4n) is 4.60. The van der Waals surface area contributed by atoms with Crippen molar-refractivity contribution >= 4 is 17.1 Å². The Morgan fingerprint density at radius 3 is 2.65 bits per heavy atom. The number of ether oxygens (including phenoxy) is 1. The van der Waals surface area contributed by atoms with Crippen molar-refractivity contribution < 1.29 is 14.1 Å². The number of piperidine rings is 1. The van der Waals surface area contributed by atoms with E-state index in [0.29, 0.717) is 25.3 Å². The predicted molar refractivity (Wildman–Crippen MR) is 124 cm³/mol. The largest absolute Gasteiger partial charge is 0.611 e. The van der Waals surface area contributed by atoms with Gasteiger partial charge in [-0.2, -0.15) is 0 Å². The smallest absolute Gasteiger partial charge is 0.224 e. The Bertz CT molecular complexity index is 868. The van der Waals surface area contributed by atoms with E-state index in [1.165, 1.54) is 18.4 Å². The number of likely N-dealkylation sites (tertiary alicyclic amines) is 1. The van der Waals surface area contributed by atoms with Crippen molar-refractivity contribution in [3.8, 4) is 5.75 Å². The van der Waals surface area contributed by atoms with E-state index in [0.717, 1.165) is 48.2 Å². The molecule has 31 heavy (non-hydrogen) atoms. The Kier molecular flexibility index (Phi) is 7.54. The zero-order valence-electron chi connectivity index (χ0n) is 18.3. The third kappa shape index (κ3) is 5.82. The van der Waals surface area contributed by atoms with E-state index in [9.17, 15) is 9.35 Å². The fourth-order valence-corrected chi connectivity index (χ4v) is 5.84. The number of carbonyl (C=O) groups excluding carboxylic acids is 1. The number of nitrogens with zero attached hydrogens (tertiary/aromatic N) is 2. The van der Waals surface area contributed by atoms with Crippen LogP contribution in [0.2, 0.25) is 0 Å². The summed E-state index contributed by atoms with van der Waals surface area (Å²) in [5.74, 6) is 2.12. The molecule has 1 fully saturated rings. The SMILES string of the molecule is COc1ccc2c(c1)CN(C(=O)CCN1CCC(Cc3ccccc3)CC1)CC[S+]2[O-]. The third-order valence-corrected chi connectivity index (χ3v) is 7.93. The van der Waals surface area contributed by atoms with Crippen molar-refractivity contribution in [1.29, 1.82) is 0 Å². The Morgan fingerprint density at radius 2 is 1.90 bits per heavy atom. The minimum atomic E-state index is -1.07. The number of carbonyl (C=O) groups is 1. The lowest BCUT2D eigenvalue weighted by Gasteiger charge is -2.32. The minimum Gasteiger partial charge on any atom is -0.611 e. The van der Waals surface area contributed by atoms with Gasteiger partial charge in [0.15, 0.2) is 4.90 Å². The van der Waals surface area contributed by atoms with Gasteiger partial charge in [-0.25, -0.2) is 0 Å². The molecular weight excluding hydrogens is 408 g/mol. The highest BCUT2D eigenvalue weighted by atomic mass is 32.2. The van der Waals surface area contributed by atoms with E-state index in [4.69, 9.17) is 4.74 Å². The summed E-state index contributed by atoms with van der Waals surface area (Å²) in [7, 11) is 1.63. The molecule has 0 N–H and O–H groups in total. The second kappa shape index (κ2) is 10.5. The highest BCUT2D eigenvalue weighted by molar-refractivity contribution is 7.91. The molecule has 0 saturated carbocycles. The number of methoxy groups -OCH3 is 1. The summed E-state index contributed by atoms with van der Waals surface area (Å²) < 4.78 is 17.9. The average molecular weight is 441 g/mol. The number of hydrogen-bond acceptors (Lipinski definition) is 4. The highest BCUT2D eigenvalue weighted by Gasteiger charge is 2.27. The molecule has 0 aliphatic carbocycles.